The standard InChI is InChI=1S/C10H21N3O6/c14-7-5-12(9(16)17)3-1-11-2-4-13(6-8-15)10(18)19/h11,14-15H,1-8H2,(H,16,17)(H,18,19). The van der Waals surface area contributed by atoms with E-state index in [0.29, 0.717) is 13.1 Å². The molecule has 0 saturated heterocycles. The molecule has 5 N–H and O–H groups in total. The zero-order valence-electron chi connectivity index (χ0n) is 10.7. The lowest BCUT2D eigenvalue weighted by atomic mass is 10.4. The van der Waals surface area contributed by atoms with E-state index in [9.17, 15) is 9.59 Å². The second kappa shape index (κ2) is 10.4. The summed E-state index contributed by atoms with van der Waals surface area (Å²) in [5, 5.41) is 37.8. The number of aliphatic hydroxyl groups excluding tert-OH is 2. The van der Waals surface area contributed by atoms with E-state index in [0.717, 1.165) is 9.80 Å². The molecule has 19 heavy (non-hydrogen) atoms. The molecule has 0 bridgehead atoms. The van der Waals surface area contributed by atoms with Crippen molar-refractivity contribution >= 4 is 12.2 Å². The topological polar surface area (TPSA) is 134 Å². The van der Waals surface area contributed by atoms with Crippen molar-refractivity contribution in [1.29, 1.82) is 0 Å². The molecule has 0 aromatic carbocycles. The van der Waals surface area contributed by atoms with Crippen LogP contribution in [0.5, 0.6) is 0 Å². The van der Waals surface area contributed by atoms with Gasteiger partial charge in [0.15, 0.2) is 0 Å². The summed E-state index contributed by atoms with van der Waals surface area (Å²) in [7, 11) is 0. The van der Waals surface area contributed by atoms with Gasteiger partial charge < -0.3 is 35.5 Å². The third-order valence-electron chi connectivity index (χ3n) is 2.40. The zero-order chi connectivity index (χ0) is 14.7. The summed E-state index contributed by atoms with van der Waals surface area (Å²) in [6.45, 7) is 0.750. The molecule has 0 fully saturated rings. The van der Waals surface area contributed by atoms with Gasteiger partial charge in [-0.25, -0.2) is 9.59 Å². The molecule has 0 rings (SSSR count). The molecule has 0 aromatic heterocycles. The summed E-state index contributed by atoms with van der Waals surface area (Å²) in [4.78, 5) is 23.5. The number of nitrogens with zero attached hydrogens (tertiary/aromatic N) is 2. The highest BCUT2D eigenvalue weighted by molar-refractivity contribution is 5.65. The molecule has 2 amide bonds. The maximum absolute atomic E-state index is 10.7. The highest BCUT2D eigenvalue weighted by Crippen LogP contribution is 1.89. The Morgan fingerprint density at radius 2 is 1.16 bits per heavy atom. The molecular formula is C10H21N3O6. The van der Waals surface area contributed by atoms with Gasteiger partial charge in [0.2, 0.25) is 0 Å². The predicted molar refractivity (Wildman–Crippen MR) is 66.2 cm³/mol. The van der Waals surface area contributed by atoms with Gasteiger partial charge in [-0.2, -0.15) is 0 Å². The molecule has 0 saturated carbocycles. The van der Waals surface area contributed by atoms with Crippen LogP contribution in [-0.4, -0.2) is 94.9 Å². The maximum Gasteiger partial charge on any atom is 0.407 e. The second-order valence-corrected chi connectivity index (χ2v) is 3.74. The summed E-state index contributed by atoms with van der Waals surface area (Å²) in [6, 6.07) is 0. The van der Waals surface area contributed by atoms with Crippen LogP contribution in [0.4, 0.5) is 9.59 Å². The highest BCUT2D eigenvalue weighted by atomic mass is 16.4. The minimum absolute atomic E-state index is 0.0444. The van der Waals surface area contributed by atoms with E-state index < -0.39 is 12.2 Å². The molecular weight excluding hydrogens is 258 g/mol. The van der Waals surface area contributed by atoms with Crippen LogP contribution in [0, 0.1) is 0 Å². The summed E-state index contributed by atoms with van der Waals surface area (Å²) in [6.07, 6.45) is -2.22. The van der Waals surface area contributed by atoms with E-state index in [2.05, 4.69) is 5.32 Å². The molecule has 0 spiro atoms. The van der Waals surface area contributed by atoms with Crippen molar-refractivity contribution in [2.75, 3.05) is 52.5 Å². The first-order chi connectivity index (χ1) is 9.02. The Morgan fingerprint density at radius 1 is 0.789 bits per heavy atom. The van der Waals surface area contributed by atoms with E-state index in [-0.39, 0.29) is 39.4 Å². The van der Waals surface area contributed by atoms with Crippen LogP contribution in [0.15, 0.2) is 0 Å². The van der Waals surface area contributed by atoms with Crippen molar-refractivity contribution in [2.24, 2.45) is 0 Å². The van der Waals surface area contributed by atoms with Crippen molar-refractivity contribution in [3.63, 3.8) is 0 Å². The van der Waals surface area contributed by atoms with E-state index in [1.165, 1.54) is 0 Å². The van der Waals surface area contributed by atoms with Gasteiger partial charge in [-0.1, -0.05) is 0 Å². The number of carbonyl (C=O) groups is 2. The van der Waals surface area contributed by atoms with Gasteiger partial charge in [-0.05, 0) is 0 Å². The molecule has 0 aliphatic carbocycles. The monoisotopic (exact) mass is 279 g/mol. The van der Waals surface area contributed by atoms with Gasteiger partial charge >= 0.3 is 12.2 Å². The quantitative estimate of drug-likeness (QED) is 0.308. The van der Waals surface area contributed by atoms with Gasteiger partial charge in [-0.3, -0.25) is 0 Å². The molecule has 9 heteroatoms. The highest BCUT2D eigenvalue weighted by Gasteiger charge is 2.11. The Kier molecular flexibility index (Phi) is 9.49. The summed E-state index contributed by atoms with van der Waals surface area (Å²) in [5.41, 5.74) is 0. The molecule has 0 unspecified atom stereocenters. The van der Waals surface area contributed by atoms with Gasteiger partial charge in [0.1, 0.15) is 0 Å². The number of aliphatic hydroxyl groups is 2. The van der Waals surface area contributed by atoms with E-state index in [1.807, 2.05) is 0 Å². The smallest absolute Gasteiger partial charge is 0.407 e. The van der Waals surface area contributed by atoms with Crippen molar-refractivity contribution in [3.05, 3.63) is 0 Å². The molecule has 0 atom stereocenters. The number of rotatable bonds is 10. The van der Waals surface area contributed by atoms with Crippen molar-refractivity contribution < 1.29 is 30.0 Å². The van der Waals surface area contributed by atoms with Crippen molar-refractivity contribution in [2.45, 2.75) is 0 Å². The number of amides is 2. The molecule has 0 heterocycles. The predicted octanol–water partition coefficient (Wildman–Crippen LogP) is -1.48. The third kappa shape index (κ3) is 8.19. The minimum atomic E-state index is -1.11. The van der Waals surface area contributed by atoms with Gasteiger partial charge in [-0.15, -0.1) is 0 Å². The summed E-state index contributed by atoms with van der Waals surface area (Å²) < 4.78 is 0. The average molecular weight is 279 g/mol. The molecule has 9 nitrogen and oxygen atoms in total. The largest absolute Gasteiger partial charge is 0.465 e. The van der Waals surface area contributed by atoms with Crippen molar-refractivity contribution in [3.8, 4) is 0 Å². The molecule has 0 aliphatic heterocycles. The van der Waals surface area contributed by atoms with Crippen LogP contribution in [0.3, 0.4) is 0 Å². The Bertz CT molecular complexity index is 250. The Morgan fingerprint density at radius 3 is 1.42 bits per heavy atom. The van der Waals surface area contributed by atoms with Gasteiger partial charge in [0.05, 0.1) is 13.2 Å². The Balaban J connectivity index is 3.78. The molecule has 0 aliphatic rings. The third-order valence-corrected chi connectivity index (χ3v) is 2.40. The lowest BCUT2D eigenvalue weighted by Gasteiger charge is -2.20. The fourth-order valence-corrected chi connectivity index (χ4v) is 1.40. The number of carboxylic acid groups (broad SMARTS) is 2. The fourth-order valence-electron chi connectivity index (χ4n) is 1.40. The Labute approximate surface area is 111 Å². The first kappa shape index (κ1) is 17.4. The molecule has 112 valence electrons. The lowest BCUT2D eigenvalue weighted by Crippen LogP contribution is -2.41. The average Bonchev–Trinajstić information content (AvgIpc) is 2.35. The van der Waals surface area contributed by atoms with Crippen LogP contribution in [-0.2, 0) is 0 Å². The first-order valence-electron chi connectivity index (χ1n) is 5.91. The van der Waals surface area contributed by atoms with Crippen LogP contribution in [0.1, 0.15) is 0 Å². The van der Waals surface area contributed by atoms with Crippen LogP contribution in [0.25, 0.3) is 0 Å². The minimum Gasteiger partial charge on any atom is -0.465 e. The SMILES string of the molecule is O=C(O)N(CCO)CCNCCN(CCO)C(=O)O. The molecule has 0 aromatic rings. The van der Waals surface area contributed by atoms with E-state index in [1.54, 1.807) is 0 Å². The Hall–Kier alpha value is -1.58. The van der Waals surface area contributed by atoms with Crippen LogP contribution >= 0.6 is 0 Å². The summed E-state index contributed by atoms with van der Waals surface area (Å²) >= 11 is 0. The lowest BCUT2D eigenvalue weighted by molar-refractivity contribution is 0.129. The van der Waals surface area contributed by atoms with Crippen LogP contribution < -0.4 is 5.32 Å². The van der Waals surface area contributed by atoms with Crippen molar-refractivity contribution in [1.82, 2.24) is 15.1 Å². The zero-order valence-corrected chi connectivity index (χ0v) is 10.7. The van der Waals surface area contributed by atoms with E-state index in [4.69, 9.17) is 20.4 Å². The maximum atomic E-state index is 10.7. The number of hydrogen-bond acceptors (Lipinski definition) is 5. The van der Waals surface area contributed by atoms with Crippen LogP contribution in [0.2, 0.25) is 0 Å². The number of hydrogen-bond donors (Lipinski definition) is 5. The second-order valence-electron chi connectivity index (χ2n) is 3.74. The number of nitrogens with one attached hydrogen (secondary N) is 1. The fraction of sp³-hybridized carbons (Fsp3) is 0.800. The normalized spacial score (nSPS) is 10.2. The summed E-state index contributed by atoms with van der Waals surface area (Å²) in [5.74, 6) is 0. The first-order valence-corrected chi connectivity index (χ1v) is 5.91. The molecule has 0 radical (unpaired) electrons. The van der Waals surface area contributed by atoms with Gasteiger partial charge in [0, 0.05) is 39.3 Å². The van der Waals surface area contributed by atoms with Gasteiger partial charge in [0.25, 0.3) is 0 Å². The van der Waals surface area contributed by atoms with E-state index >= 15 is 0 Å².